The van der Waals surface area contributed by atoms with E-state index in [-0.39, 0.29) is 0 Å². The van der Waals surface area contributed by atoms with Crippen LogP contribution >= 0.6 is 11.3 Å². The molecule has 2 aromatic carbocycles. The van der Waals surface area contributed by atoms with Gasteiger partial charge in [0.1, 0.15) is 0 Å². The molecule has 1 N–H and O–H groups in total. The Morgan fingerprint density at radius 3 is 1.88 bits per heavy atom. The van der Waals surface area contributed by atoms with Gasteiger partial charge in [-0.3, -0.25) is 5.41 Å². The van der Waals surface area contributed by atoms with Crippen molar-refractivity contribution in [2.45, 2.75) is 0 Å². The van der Waals surface area contributed by atoms with Gasteiger partial charge in [-0.15, -0.1) is 11.3 Å². The van der Waals surface area contributed by atoms with Crippen LogP contribution in [0.25, 0.3) is 37.8 Å². The molecule has 4 aromatic rings. The van der Waals surface area contributed by atoms with Crippen LogP contribution in [0.15, 0.2) is 85.1 Å². The van der Waals surface area contributed by atoms with Crippen molar-refractivity contribution in [2.24, 2.45) is 0 Å². The van der Waals surface area contributed by atoms with Crippen LogP contribution in [-0.4, -0.2) is 5.87 Å². The molecule has 1 aliphatic heterocycles. The first kappa shape index (κ1) is 15.0. The number of hydrogen-bond acceptors (Lipinski definition) is 2. The zero-order valence-electron chi connectivity index (χ0n) is 13.9. The summed E-state index contributed by atoms with van der Waals surface area (Å²) in [6.45, 7) is 0. The highest BCUT2D eigenvalue weighted by molar-refractivity contribution is 7.20. The Kier molecular flexibility index (Phi) is 3.42. The standard InChI is InChI=1S/C23H15N2S/c24-15-19-21-20(18-13-7-8-14-25(18)19)22(16-9-3-1-4-10-16)26-23(21)17-11-5-2-6-12-17/h1-14,24H/q+1. The Balaban J connectivity index is 1.90. The number of benzene rings is 2. The summed E-state index contributed by atoms with van der Waals surface area (Å²) in [5.74, 6) is 2.69. The van der Waals surface area contributed by atoms with Crippen molar-refractivity contribution in [3.05, 3.63) is 90.6 Å². The maximum Gasteiger partial charge on any atom is 0.282 e. The quantitative estimate of drug-likeness (QED) is 0.322. The molecule has 26 heavy (non-hydrogen) atoms. The van der Waals surface area contributed by atoms with Crippen LogP contribution in [-0.2, 0) is 0 Å². The smallest absolute Gasteiger partial charge is 0.253 e. The summed E-state index contributed by atoms with van der Waals surface area (Å²) >= 11 is 1.79. The van der Waals surface area contributed by atoms with E-state index in [0.29, 0.717) is 0 Å². The lowest BCUT2D eigenvalue weighted by Crippen LogP contribution is -2.30. The van der Waals surface area contributed by atoms with Crippen molar-refractivity contribution in [1.29, 1.82) is 5.41 Å². The highest BCUT2D eigenvalue weighted by Crippen LogP contribution is 2.50. The third-order valence-corrected chi connectivity index (χ3v) is 5.98. The highest BCUT2D eigenvalue weighted by atomic mass is 32.1. The van der Waals surface area contributed by atoms with Gasteiger partial charge < -0.3 is 0 Å². The molecule has 5 rings (SSSR count). The van der Waals surface area contributed by atoms with Gasteiger partial charge in [0.05, 0.1) is 21.9 Å². The molecule has 0 amide bonds. The van der Waals surface area contributed by atoms with Gasteiger partial charge in [0.2, 0.25) is 5.69 Å². The molecular formula is C23H15N2S+. The van der Waals surface area contributed by atoms with Gasteiger partial charge in [-0.05, 0) is 17.2 Å². The molecule has 0 saturated heterocycles. The van der Waals surface area contributed by atoms with E-state index in [1.807, 2.05) is 24.4 Å². The SMILES string of the molecule is N=C=C1c2c(-c3ccccc3)sc(-c3ccccc3)c2-c2cccc[n+]21. The first-order valence-electron chi connectivity index (χ1n) is 8.47. The number of hydrogen-bond donors (Lipinski definition) is 1. The van der Waals surface area contributed by atoms with Gasteiger partial charge in [-0.2, -0.15) is 4.57 Å². The molecule has 0 fully saturated rings. The fraction of sp³-hybridized carbons (Fsp3) is 0. The molecule has 1 aliphatic rings. The number of aromatic nitrogens is 1. The normalized spacial score (nSPS) is 11.8. The Morgan fingerprint density at radius 1 is 0.692 bits per heavy atom. The minimum Gasteiger partial charge on any atom is -0.253 e. The predicted molar refractivity (Wildman–Crippen MR) is 107 cm³/mol. The highest BCUT2D eigenvalue weighted by Gasteiger charge is 2.39. The Morgan fingerprint density at radius 2 is 1.27 bits per heavy atom. The molecule has 0 unspecified atom stereocenters. The summed E-state index contributed by atoms with van der Waals surface area (Å²) in [6, 6.07) is 27.1. The minimum atomic E-state index is 0.813. The third-order valence-electron chi connectivity index (χ3n) is 4.69. The minimum absolute atomic E-state index is 0.813. The van der Waals surface area contributed by atoms with Crippen molar-refractivity contribution in [3.63, 3.8) is 0 Å². The molecule has 122 valence electrons. The van der Waals surface area contributed by atoms with E-state index in [2.05, 4.69) is 71.1 Å². The Bertz CT molecular complexity index is 1170. The number of pyridine rings is 1. The van der Waals surface area contributed by atoms with E-state index in [4.69, 9.17) is 5.41 Å². The molecule has 3 heteroatoms. The molecule has 0 saturated carbocycles. The molecule has 0 radical (unpaired) electrons. The number of fused-ring (bicyclic) bond motifs is 3. The molecule has 0 spiro atoms. The number of rotatable bonds is 2. The van der Waals surface area contributed by atoms with Gasteiger partial charge >= 0.3 is 0 Å². The molecule has 0 bridgehead atoms. The van der Waals surface area contributed by atoms with Gasteiger partial charge in [0, 0.05) is 17.0 Å². The average Bonchev–Trinajstić information content (AvgIpc) is 3.25. The van der Waals surface area contributed by atoms with Gasteiger partial charge in [-0.25, -0.2) is 0 Å². The fourth-order valence-corrected chi connectivity index (χ4v) is 4.89. The predicted octanol–water partition coefficient (Wildman–Crippen LogP) is 5.49. The lowest BCUT2D eigenvalue weighted by Gasteiger charge is -2.01. The molecule has 3 heterocycles. The van der Waals surface area contributed by atoms with Crippen molar-refractivity contribution in [3.8, 4) is 32.1 Å². The molecule has 0 atom stereocenters. The number of nitrogens with zero attached hydrogens (tertiary/aromatic N) is 1. The van der Waals surface area contributed by atoms with Crippen LogP contribution < -0.4 is 4.57 Å². The summed E-state index contributed by atoms with van der Waals surface area (Å²) in [5.41, 5.74) is 6.63. The number of thiophene rings is 1. The first-order valence-corrected chi connectivity index (χ1v) is 9.29. The van der Waals surface area contributed by atoms with Crippen LogP contribution in [0.3, 0.4) is 0 Å². The van der Waals surface area contributed by atoms with Crippen molar-refractivity contribution >= 4 is 22.9 Å². The molecule has 2 aromatic heterocycles. The summed E-state index contributed by atoms with van der Waals surface area (Å²) in [4.78, 5) is 2.43. The topological polar surface area (TPSA) is 27.7 Å². The van der Waals surface area contributed by atoms with Crippen molar-refractivity contribution < 1.29 is 4.57 Å². The summed E-state index contributed by atoms with van der Waals surface area (Å²) in [6.07, 6.45) is 2.01. The van der Waals surface area contributed by atoms with Crippen LogP contribution in [0.1, 0.15) is 5.56 Å². The summed E-state index contributed by atoms with van der Waals surface area (Å²) in [5, 5.41) is 7.93. The maximum atomic E-state index is 7.93. The van der Waals surface area contributed by atoms with E-state index in [0.717, 1.165) is 17.0 Å². The second-order valence-corrected chi connectivity index (χ2v) is 7.19. The van der Waals surface area contributed by atoms with E-state index >= 15 is 0 Å². The van der Waals surface area contributed by atoms with E-state index < -0.39 is 0 Å². The third kappa shape index (κ3) is 2.12. The second-order valence-electron chi connectivity index (χ2n) is 6.17. The molecule has 2 nitrogen and oxygen atoms in total. The lowest BCUT2D eigenvalue weighted by molar-refractivity contribution is -0.561. The Labute approximate surface area is 155 Å². The fourth-order valence-electron chi connectivity index (χ4n) is 3.57. The van der Waals surface area contributed by atoms with Gasteiger partial charge in [0.25, 0.3) is 5.70 Å². The molecule has 0 aliphatic carbocycles. The Hall–Kier alpha value is -3.26. The van der Waals surface area contributed by atoms with Crippen LogP contribution in [0, 0.1) is 5.41 Å². The molecular weight excluding hydrogens is 336 g/mol. The second kappa shape index (κ2) is 5.92. The van der Waals surface area contributed by atoms with Gasteiger partial charge in [0.15, 0.2) is 6.20 Å². The lowest BCUT2D eigenvalue weighted by atomic mass is 10.0. The maximum absolute atomic E-state index is 7.93. The van der Waals surface area contributed by atoms with Crippen molar-refractivity contribution in [1.82, 2.24) is 0 Å². The first-order chi connectivity index (χ1) is 12.9. The number of nitrogens with one attached hydrogen (secondary N) is 1. The largest absolute Gasteiger partial charge is 0.282 e. The van der Waals surface area contributed by atoms with Crippen LogP contribution in [0.5, 0.6) is 0 Å². The monoisotopic (exact) mass is 351 g/mol. The van der Waals surface area contributed by atoms with E-state index in [1.54, 1.807) is 11.3 Å². The van der Waals surface area contributed by atoms with Crippen LogP contribution in [0.2, 0.25) is 0 Å². The summed E-state index contributed by atoms with van der Waals surface area (Å²) < 4.78 is 2.07. The van der Waals surface area contributed by atoms with Gasteiger partial charge in [-0.1, -0.05) is 60.7 Å². The zero-order chi connectivity index (χ0) is 17.5. The van der Waals surface area contributed by atoms with Crippen LogP contribution in [0.4, 0.5) is 0 Å². The van der Waals surface area contributed by atoms with E-state index in [1.165, 1.54) is 26.4 Å². The zero-order valence-corrected chi connectivity index (χ0v) is 14.8. The average molecular weight is 351 g/mol. The van der Waals surface area contributed by atoms with Crippen molar-refractivity contribution in [2.75, 3.05) is 0 Å². The van der Waals surface area contributed by atoms with E-state index in [9.17, 15) is 0 Å². The summed E-state index contributed by atoms with van der Waals surface area (Å²) in [7, 11) is 0.